The summed E-state index contributed by atoms with van der Waals surface area (Å²) in [5, 5.41) is 0. The maximum atomic E-state index is 13.4. The van der Waals surface area contributed by atoms with Gasteiger partial charge in [-0.05, 0) is 29.3 Å². The van der Waals surface area contributed by atoms with Crippen molar-refractivity contribution < 1.29 is 14.3 Å². The summed E-state index contributed by atoms with van der Waals surface area (Å²) >= 11 is 3.55. The number of nitrogens with zero attached hydrogens (tertiary/aromatic N) is 1. The van der Waals surface area contributed by atoms with Crippen molar-refractivity contribution in [1.29, 1.82) is 0 Å². The van der Waals surface area contributed by atoms with Gasteiger partial charge in [-0.1, -0.05) is 70.5 Å². The third-order valence-electron chi connectivity index (χ3n) is 6.36. The quantitative estimate of drug-likeness (QED) is 0.485. The highest BCUT2D eigenvalue weighted by molar-refractivity contribution is 9.10. The molecule has 2 heterocycles. The predicted molar refractivity (Wildman–Crippen MR) is 121 cm³/mol. The van der Waals surface area contributed by atoms with Gasteiger partial charge in [-0.25, -0.2) is 0 Å². The zero-order valence-corrected chi connectivity index (χ0v) is 18.1. The van der Waals surface area contributed by atoms with Crippen LogP contribution >= 0.6 is 15.9 Å². The van der Waals surface area contributed by atoms with Crippen LogP contribution in [-0.4, -0.2) is 17.8 Å². The molecular formula is C26H18BrNO3. The van der Waals surface area contributed by atoms with Gasteiger partial charge in [0.25, 0.3) is 0 Å². The lowest BCUT2D eigenvalue weighted by Crippen LogP contribution is -2.47. The molecule has 1 aliphatic carbocycles. The van der Waals surface area contributed by atoms with Crippen molar-refractivity contribution in [2.24, 2.45) is 0 Å². The Morgan fingerprint density at radius 1 is 0.903 bits per heavy atom. The van der Waals surface area contributed by atoms with Gasteiger partial charge in [-0.3, -0.25) is 9.59 Å². The first kappa shape index (κ1) is 18.6. The van der Waals surface area contributed by atoms with Gasteiger partial charge in [0.1, 0.15) is 0 Å². The van der Waals surface area contributed by atoms with E-state index in [0.717, 1.165) is 21.3 Å². The molecule has 152 valence electrons. The molecule has 6 rings (SSSR count). The molecule has 0 amide bonds. The molecule has 3 aromatic carbocycles. The van der Waals surface area contributed by atoms with E-state index in [-0.39, 0.29) is 29.5 Å². The van der Waals surface area contributed by atoms with Gasteiger partial charge in [0.15, 0.2) is 17.8 Å². The Bertz CT molecular complexity index is 1300. The second-order valence-electron chi connectivity index (χ2n) is 8.12. The molecule has 2 bridgehead atoms. The van der Waals surface area contributed by atoms with Crippen molar-refractivity contribution in [2.45, 2.75) is 25.1 Å². The first-order chi connectivity index (χ1) is 15.1. The Morgan fingerprint density at radius 3 is 2.45 bits per heavy atom. The fraction of sp³-hybridized carbons (Fsp3) is 0.154. The van der Waals surface area contributed by atoms with Crippen LogP contribution in [0, 0.1) is 0 Å². The van der Waals surface area contributed by atoms with Crippen LogP contribution in [0.15, 0.2) is 88.6 Å². The fourth-order valence-electron chi connectivity index (χ4n) is 5.00. The maximum Gasteiger partial charge on any atom is 0.228 e. The highest BCUT2D eigenvalue weighted by atomic mass is 79.9. The van der Waals surface area contributed by atoms with E-state index in [1.165, 1.54) is 0 Å². The maximum absolute atomic E-state index is 13.4. The van der Waals surface area contributed by atoms with Crippen LogP contribution in [0.25, 0.3) is 0 Å². The van der Waals surface area contributed by atoms with Crippen molar-refractivity contribution in [3.8, 4) is 0 Å². The van der Waals surface area contributed by atoms with Crippen molar-refractivity contribution >= 4 is 33.2 Å². The average Bonchev–Trinajstić information content (AvgIpc) is 2.80. The van der Waals surface area contributed by atoms with Crippen molar-refractivity contribution in [3.05, 3.63) is 111 Å². The molecule has 3 aliphatic rings. The van der Waals surface area contributed by atoms with Crippen LogP contribution in [0.1, 0.15) is 44.2 Å². The van der Waals surface area contributed by atoms with Gasteiger partial charge >= 0.3 is 0 Å². The number of hydrogen-bond acceptors (Lipinski definition) is 4. The molecular weight excluding hydrogens is 454 g/mol. The number of hydrogen-bond donors (Lipinski definition) is 0. The van der Waals surface area contributed by atoms with Crippen LogP contribution in [-0.2, 0) is 11.3 Å². The van der Waals surface area contributed by atoms with Crippen LogP contribution in [0.4, 0.5) is 5.69 Å². The number of para-hydroxylation sites is 1. The third-order valence-corrected chi connectivity index (χ3v) is 6.86. The second-order valence-corrected chi connectivity index (χ2v) is 9.04. The van der Waals surface area contributed by atoms with Crippen molar-refractivity contribution in [2.75, 3.05) is 4.90 Å². The molecule has 2 unspecified atom stereocenters. The van der Waals surface area contributed by atoms with E-state index in [0.29, 0.717) is 29.7 Å². The lowest BCUT2D eigenvalue weighted by molar-refractivity contribution is 0.0535. The van der Waals surface area contributed by atoms with Gasteiger partial charge in [0, 0.05) is 40.2 Å². The lowest BCUT2D eigenvalue weighted by Gasteiger charge is -2.46. The summed E-state index contributed by atoms with van der Waals surface area (Å²) in [4.78, 5) is 28.9. The van der Waals surface area contributed by atoms with E-state index in [2.05, 4.69) is 45.1 Å². The topological polar surface area (TPSA) is 46.6 Å². The van der Waals surface area contributed by atoms with Crippen molar-refractivity contribution in [1.82, 2.24) is 0 Å². The number of allylic oxidation sites excluding steroid dienone is 2. The number of ketones is 2. The van der Waals surface area contributed by atoms with E-state index < -0.39 is 0 Å². The monoisotopic (exact) mass is 471 g/mol. The number of rotatable bonds is 2. The van der Waals surface area contributed by atoms with E-state index in [9.17, 15) is 9.59 Å². The molecule has 0 radical (unpaired) electrons. The number of fused-ring (bicyclic) bond motifs is 6. The third kappa shape index (κ3) is 2.80. The summed E-state index contributed by atoms with van der Waals surface area (Å²) in [6.45, 7) is 0.648. The Hall–Kier alpha value is -3.18. The minimum absolute atomic E-state index is 0.0936. The molecule has 0 spiro atoms. The molecule has 3 aromatic rings. The van der Waals surface area contributed by atoms with Gasteiger partial charge in [-0.2, -0.15) is 0 Å². The van der Waals surface area contributed by atoms with Crippen LogP contribution < -0.4 is 4.90 Å². The zero-order chi connectivity index (χ0) is 21.1. The Balaban J connectivity index is 1.48. The van der Waals surface area contributed by atoms with Crippen LogP contribution in [0.3, 0.4) is 0 Å². The van der Waals surface area contributed by atoms with Crippen LogP contribution in [0.5, 0.6) is 0 Å². The van der Waals surface area contributed by atoms with Crippen LogP contribution in [0.2, 0.25) is 0 Å². The van der Waals surface area contributed by atoms with E-state index in [4.69, 9.17) is 4.74 Å². The number of anilines is 1. The molecule has 0 N–H and O–H groups in total. The molecule has 5 heteroatoms. The van der Waals surface area contributed by atoms with E-state index in [1.54, 1.807) is 24.3 Å². The summed E-state index contributed by atoms with van der Waals surface area (Å²) in [6.07, 6.45) is 0.338. The standard InChI is InChI=1S/C26H18BrNO3/c27-16-7-5-6-15(12-16)14-28-21-11-4-3-8-17(21)20-13-22(28)31-26-23(20)24(29)18-9-1-2-10-19(18)25(26)30/h1-12,20,22H,13-14H2. The normalized spacial score (nSPS) is 21.3. The van der Waals surface area contributed by atoms with Gasteiger partial charge in [0.05, 0.1) is 5.57 Å². The SMILES string of the molecule is O=C1C2=C(C(=O)c3ccccc31)C1CC(O2)N(Cc2cccc(Br)c2)c2ccccc21. The van der Waals surface area contributed by atoms with Gasteiger partial charge in [-0.15, -0.1) is 0 Å². The Labute approximate surface area is 188 Å². The average molecular weight is 472 g/mol. The lowest BCUT2D eigenvalue weighted by atomic mass is 9.74. The fourth-order valence-corrected chi connectivity index (χ4v) is 5.45. The molecule has 0 saturated carbocycles. The predicted octanol–water partition coefficient (Wildman–Crippen LogP) is 5.63. The Kier molecular flexibility index (Phi) is 4.15. The molecule has 2 atom stereocenters. The Morgan fingerprint density at radius 2 is 1.65 bits per heavy atom. The van der Waals surface area contributed by atoms with E-state index >= 15 is 0 Å². The summed E-state index contributed by atoms with van der Waals surface area (Å²) in [5.41, 5.74) is 4.68. The number of benzene rings is 3. The number of ether oxygens (including phenoxy) is 1. The number of halogens is 1. The van der Waals surface area contributed by atoms with Gasteiger partial charge in [0.2, 0.25) is 5.78 Å². The summed E-state index contributed by atoms with van der Waals surface area (Å²) in [5.74, 6) is -0.210. The molecule has 0 aromatic heterocycles. The first-order valence-electron chi connectivity index (χ1n) is 10.3. The largest absolute Gasteiger partial charge is 0.466 e. The summed E-state index contributed by atoms with van der Waals surface area (Å²) in [6, 6.07) is 23.4. The molecule has 0 saturated heterocycles. The number of Topliss-reactive ketones (excluding diaryl/α,β-unsaturated/α-hetero) is 2. The number of carbonyl (C=O) groups excluding carboxylic acids is 2. The number of carbonyl (C=O) groups is 2. The first-order valence-corrected chi connectivity index (χ1v) is 11.1. The molecule has 2 aliphatic heterocycles. The zero-order valence-electron chi connectivity index (χ0n) is 16.5. The molecule has 0 fully saturated rings. The summed E-state index contributed by atoms with van der Waals surface area (Å²) in [7, 11) is 0. The van der Waals surface area contributed by atoms with Crippen molar-refractivity contribution in [3.63, 3.8) is 0 Å². The highest BCUT2D eigenvalue weighted by Crippen LogP contribution is 2.50. The molecule has 31 heavy (non-hydrogen) atoms. The second kappa shape index (κ2) is 6.92. The minimum atomic E-state index is -0.306. The van der Waals surface area contributed by atoms with Gasteiger partial charge < -0.3 is 9.64 Å². The minimum Gasteiger partial charge on any atom is -0.466 e. The smallest absolute Gasteiger partial charge is 0.228 e. The van der Waals surface area contributed by atoms with E-state index in [1.807, 2.05) is 24.3 Å². The molecule has 4 nitrogen and oxygen atoms in total. The summed E-state index contributed by atoms with van der Waals surface area (Å²) < 4.78 is 7.32. The highest BCUT2D eigenvalue weighted by Gasteiger charge is 2.47.